The van der Waals surface area contributed by atoms with Crippen LogP contribution in [0.2, 0.25) is 0 Å². The van der Waals surface area contributed by atoms with Crippen LogP contribution in [-0.2, 0) is 11.3 Å². The van der Waals surface area contributed by atoms with Crippen molar-refractivity contribution < 1.29 is 14.3 Å². The lowest BCUT2D eigenvalue weighted by Crippen LogP contribution is -2.31. The smallest absolute Gasteiger partial charge is 0.253 e. The molecule has 0 saturated carbocycles. The van der Waals surface area contributed by atoms with E-state index in [2.05, 4.69) is 10.6 Å². The van der Waals surface area contributed by atoms with Crippen molar-refractivity contribution in [1.82, 2.24) is 10.2 Å². The zero-order chi connectivity index (χ0) is 22.9. The van der Waals surface area contributed by atoms with Gasteiger partial charge in [-0.2, -0.15) is 0 Å². The molecule has 0 saturated heterocycles. The highest BCUT2D eigenvalue weighted by atomic mass is 16.5. The summed E-state index contributed by atoms with van der Waals surface area (Å²) in [6, 6.07) is 24.4. The normalized spacial score (nSPS) is 11.6. The molecule has 6 nitrogen and oxygen atoms in total. The molecule has 6 heteroatoms. The van der Waals surface area contributed by atoms with Crippen LogP contribution in [0.3, 0.4) is 0 Å². The van der Waals surface area contributed by atoms with E-state index in [4.69, 9.17) is 4.74 Å². The van der Waals surface area contributed by atoms with Gasteiger partial charge in [-0.1, -0.05) is 54.6 Å². The maximum Gasteiger partial charge on any atom is 0.253 e. The number of amides is 2. The monoisotopic (exact) mass is 431 g/mol. The molecule has 0 radical (unpaired) electrons. The first kappa shape index (κ1) is 23.0. The molecule has 3 aromatic carbocycles. The number of carbonyl (C=O) groups is 2. The Bertz CT molecular complexity index is 1050. The lowest BCUT2D eigenvalue weighted by atomic mass is 10.1. The highest BCUT2D eigenvalue weighted by molar-refractivity contribution is 6.04. The van der Waals surface area contributed by atoms with Crippen LogP contribution in [0.5, 0.6) is 5.75 Å². The molecule has 0 fully saturated rings. The standard InChI is InChI=1S/C26H29N3O3/c1-19(21-11-5-4-6-12-21)27-26(31)23-14-7-8-15-24(23)28-25(30)18-29(2)17-20-10-9-13-22(16-20)32-3/h4-16,19H,17-18H2,1-3H3,(H,27,31)(H,28,30). The molecule has 3 rings (SSSR count). The first-order valence-electron chi connectivity index (χ1n) is 10.5. The third-order valence-corrected chi connectivity index (χ3v) is 5.09. The number of ether oxygens (including phenoxy) is 1. The number of likely N-dealkylation sites (N-methyl/N-ethyl adjacent to an activating group) is 1. The Hall–Kier alpha value is -3.64. The Balaban J connectivity index is 1.61. The van der Waals surface area contributed by atoms with Gasteiger partial charge in [0, 0.05) is 6.54 Å². The van der Waals surface area contributed by atoms with E-state index in [9.17, 15) is 9.59 Å². The average Bonchev–Trinajstić information content (AvgIpc) is 2.79. The van der Waals surface area contributed by atoms with Crippen LogP contribution in [0.1, 0.15) is 34.5 Å². The Morgan fingerprint density at radius 1 is 0.969 bits per heavy atom. The molecule has 32 heavy (non-hydrogen) atoms. The molecule has 0 aliphatic heterocycles. The summed E-state index contributed by atoms with van der Waals surface area (Å²) in [5.74, 6) is 0.360. The molecule has 3 aromatic rings. The predicted molar refractivity (Wildman–Crippen MR) is 127 cm³/mol. The summed E-state index contributed by atoms with van der Waals surface area (Å²) in [5, 5.41) is 5.88. The maximum atomic E-state index is 12.9. The van der Waals surface area contributed by atoms with E-state index in [0.717, 1.165) is 16.9 Å². The second kappa shape index (κ2) is 11.1. The van der Waals surface area contributed by atoms with Crippen molar-refractivity contribution in [3.63, 3.8) is 0 Å². The number of rotatable bonds is 9. The van der Waals surface area contributed by atoms with Crippen LogP contribution < -0.4 is 15.4 Å². The Morgan fingerprint density at radius 3 is 2.44 bits per heavy atom. The minimum atomic E-state index is -0.234. The van der Waals surface area contributed by atoms with Crippen LogP contribution in [0, 0.1) is 0 Å². The fourth-order valence-electron chi connectivity index (χ4n) is 3.46. The van der Waals surface area contributed by atoms with Gasteiger partial charge in [-0.25, -0.2) is 0 Å². The minimum Gasteiger partial charge on any atom is -0.497 e. The molecule has 2 amide bonds. The molecule has 0 spiro atoms. The Labute approximate surface area is 189 Å². The molecule has 1 unspecified atom stereocenters. The molecule has 0 aliphatic carbocycles. The predicted octanol–water partition coefficient (Wildman–Crippen LogP) is 4.26. The van der Waals surface area contributed by atoms with E-state index < -0.39 is 0 Å². The molecule has 2 N–H and O–H groups in total. The zero-order valence-corrected chi connectivity index (χ0v) is 18.7. The summed E-state index contributed by atoms with van der Waals surface area (Å²) >= 11 is 0. The number of hydrogen-bond donors (Lipinski definition) is 2. The number of para-hydroxylation sites is 1. The summed E-state index contributed by atoms with van der Waals surface area (Å²) in [6.45, 7) is 2.72. The molecule has 0 aliphatic rings. The number of anilines is 1. The van der Waals surface area contributed by atoms with Gasteiger partial charge in [0.25, 0.3) is 5.91 Å². The summed E-state index contributed by atoms with van der Waals surface area (Å²) < 4.78 is 5.25. The van der Waals surface area contributed by atoms with Crippen LogP contribution >= 0.6 is 0 Å². The van der Waals surface area contributed by atoms with Gasteiger partial charge >= 0.3 is 0 Å². The highest BCUT2D eigenvalue weighted by Crippen LogP contribution is 2.18. The van der Waals surface area contributed by atoms with Gasteiger partial charge < -0.3 is 15.4 Å². The van der Waals surface area contributed by atoms with E-state index in [1.165, 1.54) is 0 Å². The number of nitrogens with one attached hydrogen (secondary N) is 2. The number of benzene rings is 3. The summed E-state index contributed by atoms with van der Waals surface area (Å²) in [4.78, 5) is 27.4. The number of nitrogens with zero attached hydrogens (tertiary/aromatic N) is 1. The Morgan fingerprint density at radius 2 is 1.69 bits per heavy atom. The fraction of sp³-hybridized carbons (Fsp3) is 0.231. The molecular weight excluding hydrogens is 402 g/mol. The van der Waals surface area contributed by atoms with Gasteiger partial charge in [0.2, 0.25) is 5.91 Å². The van der Waals surface area contributed by atoms with Gasteiger partial charge in [0.15, 0.2) is 0 Å². The number of methoxy groups -OCH3 is 1. The summed E-state index contributed by atoms with van der Waals surface area (Å²) in [5.41, 5.74) is 2.99. The van der Waals surface area contributed by atoms with E-state index in [0.29, 0.717) is 17.8 Å². The van der Waals surface area contributed by atoms with Crippen LogP contribution in [-0.4, -0.2) is 37.4 Å². The van der Waals surface area contributed by atoms with Crippen molar-refractivity contribution in [2.45, 2.75) is 19.5 Å². The van der Waals surface area contributed by atoms with E-state index in [1.54, 1.807) is 31.4 Å². The lowest BCUT2D eigenvalue weighted by Gasteiger charge is -2.19. The number of carbonyl (C=O) groups excluding carboxylic acids is 2. The van der Waals surface area contributed by atoms with Crippen molar-refractivity contribution >= 4 is 17.5 Å². The second-order valence-electron chi connectivity index (χ2n) is 7.72. The largest absolute Gasteiger partial charge is 0.497 e. The molecular formula is C26H29N3O3. The SMILES string of the molecule is COc1cccc(CN(C)CC(=O)Nc2ccccc2C(=O)NC(C)c2ccccc2)c1. The lowest BCUT2D eigenvalue weighted by molar-refractivity contribution is -0.117. The first-order valence-corrected chi connectivity index (χ1v) is 10.5. The maximum absolute atomic E-state index is 12.9. The van der Waals surface area contributed by atoms with Gasteiger partial charge in [-0.3, -0.25) is 14.5 Å². The minimum absolute atomic E-state index is 0.151. The van der Waals surface area contributed by atoms with Gasteiger partial charge in [0.1, 0.15) is 5.75 Å². The topological polar surface area (TPSA) is 70.7 Å². The molecule has 1 atom stereocenters. The second-order valence-corrected chi connectivity index (χ2v) is 7.72. The average molecular weight is 432 g/mol. The van der Waals surface area contributed by atoms with E-state index in [-0.39, 0.29) is 24.4 Å². The first-order chi connectivity index (χ1) is 15.5. The summed E-state index contributed by atoms with van der Waals surface area (Å²) in [6.07, 6.45) is 0. The van der Waals surface area contributed by atoms with Crippen LogP contribution in [0.25, 0.3) is 0 Å². The van der Waals surface area contributed by atoms with Gasteiger partial charge in [-0.15, -0.1) is 0 Å². The van der Waals surface area contributed by atoms with Crippen molar-refractivity contribution in [3.05, 3.63) is 95.6 Å². The van der Waals surface area contributed by atoms with Gasteiger partial charge in [0.05, 0.1) is 30.9 Å². The fourth-order valence-corrected chi connectivity index (χ4v) is 3.46. The van der Waals surface area contributed by atoms with Crippen molar-refractivity contribution in [3.8, 4) is 5.75 Å². The van der Waals surface area contributed by atoms with E-state index in [1.807, 2.05) is 73.5 Å². The van der Waals surface area contributed by atoms with E-state index >= 15 is 0 Å². The molecule has 166 valence electrons. The summed E-state index contributed by atoms with van der Waals surface area (Å²) in [7, 11) is 3.50. The Kier molecular flexibility index (Phi) is 8.00. The number of hydrogen-bond acceptors (Lipinski definition) is 4. The van der Waals surface area contributed by atoms with Crippen molar-refractivity contribution in [2.24, 2.45) is 0 Å². The highest BCUT2D eigenvalue weighted by Gasteiger charge is 2.16. The molecule has 0 bridgehead atoms. The molecule has 0 heterocycles. The van der Waals surface area contributed by atoms with Crippen molar-refractivity contribution in [2.75, 3.05) is 26.0 Å². The molecule has 0 aromatic heterocycles. The zero-order valence-electron chi connectivity index (χ0n) is 18.7. The quantitative estimate of drug-likeness (QED) is 0.531. The third kappa shape index (κ3) is 6.43. The van der Waals surface area contributed by atoms with Gasteiger partial charge in [-0.05, 0) is 49.4 Å². The van der Waals surface area contributed by atoms with Crippen LogP contribution in [0.15, 0.2) is 78.9 Å². The van der Waals surface area contributed by atoms with Crippen LogP contribution in [0.4, 0.5) is 5.69 Å². The van der Waals surface area contributed by atoms with Crippen molar-refractivity contribution in [1.29, 1.82) is 0 Å². The third-order valence-electron chi connectivity index (χ3n) is 5.09.